The van der Waals surface area contributed by atoms with E-state index in [0.717, 1.165) is 11.3 Å². The Labute approximate surface area is 126 Å². The summed E-state index contributed by atoms with van der Waals surface area (Å²) in [5.74, 6) is 0.885. The first-order chi connectivity index (χ1) is 10.2. The van der Waals surface area contributed by atoms with Crippen molar-refractivity contribution in [1.82, 2.24) is 5.32 Å². The molecular weight excluding hydrogens is 262 g/mol. The topological polar surface area (TPSA) is 41.5 Å². The molecule has 0 amide bonds. The van der Waals surface area contributed by atoms with Crippen molar-refractivity contribution in [2.45, 2.75) is 32.5 Å². The van der Waals surface area contributed by atoms with Gasteiger partial charge in [-0.15, -0.1) is 0 Å². The van der Waals surface area contributed by atoms with Crippen LogP contribution in [-0.2, 0) is 6.54 Å². The Morgan fingerprint density at radius 3 is 2.24 bits per heavy atom. The Hall–Kier alpha value is -1.84. The maximum absolute atomic E-state index is 9.52. The molecule has 2 aromatic carbocycles. The van der Waals surface area contributed by atoms with Crippen molar-refractivity contribution in [1.29, 1.82) is 0 Å². The molecule has 0 aliphatic carbocycles. The zero-order chi connectivity index (χ0) is 15.1. The molecule has 0 radical (unpaired) electrons. The van der Waals surface area contributed by atoms with E-state index in [1.807, 2.05) is 68.4 Å². The minimum absolute atomic E-state index is 0.0437. The van der Waals surface area contributed by atoms with Gasteiger partial charge in [0.25, 0.3) is 0 Å². The molecule has 0 saturated carbocycles. The molecule has 21 heavy (non-hydrogen) atoms. The van der Waals surface area contributed by atoms with E-state index >= 15 is 0 Å². The van der Waals surface area contributed by atoms with Crippen molar-refractivity contribution in [3.8, 4) is 5.75 Å². The molecule has 0 heterocycles. The third-order valence-electron chi connectivity index (χ3n) is 3.23. The number of benzene rings is 2. The highest BCUT2D eigenvalue weighted by Crippen LogP contribution is 2.16. The first kappa shape index (κ1) is 15.5. The summed E-state index contributed by atoms with van der Waals surface area (Å²) in [5.41, 5.74) is 2.26. The average molecular weight is 285 g/mol. The first-order valence-electron chi connectivity index (χ1n) is 7.34. The van der Waals surface area contributed by atoms with Gasteiger partial charge in [-0.25, -0.2) is 0 Å². The van der Waals surface area contributed by atoms with E-state index in [1.165, 1.54) is 5.56 Å². The highest BCUT2D eigenvalue weighted by molar-refractivity contribution is 5.27. The summed E-state index contributed by atoms with van der Waals surface area (Å²) in [6.45, 7) is 4.82. The zero-order valence-electron chi connectivity index (χ0n) is 12.6. The summed E-state index contributed by atoms with van der Waals surface area (Å²) in [6.07, 6.45) is 0.186. The quantitative estimate of drug-likeness (QED) is 0.820. The van der Waals surface area contributed by atoms with E-state index < -0.39 is 0 Å². The Balaban J connectivity index is 1.92. The van der Waals surface area contributed by atoms with Crippen LogP contribution < -0.4 is 10.1 Å². The molecular formula is C18H23NO2. The predicted octanol–water partition coefficient (Wildman–Crippen LogP) is 3.30. The lowest BCUT2D eigenvalue weighted by Gasteiger charge is -2.17. The van der Waals surface area contributed by atoms with Gasteiger partial charge in [-0.1, -0.05) is 42.5 Å². The standard InChI is InChI=1S/C18H23NO2/c1-14(2)21-17-10-8-15(9-11-17)12-19-18(13-20)16-6-4-3-5-7-16/h3-11,14,18-20H,12-13H2,1-2H3. The van der Waals surface area contributed by atoms with Gasteiger partial charge < -0.3 is 15.2 Å². The van der Waals surface area contributed by atoms with Crippen molar-refractivity contribution in [3.05, 3.63) is 65.7 Å². The van der Waals surface area contributed by atoms with Gasteiger partial charge in [0.2, 0.25) is 0 Å². The average Bonchev–Trinajstić information content (AvgIpc) is 2.50. The van der Waals surface area contributed by atoms with Crippen molar-refractivity contribution in [2.75, 3.05) is 6.61 Å². The normalized spacial score (nSPS) is 12.4. The number of ether oxygens (including phenoxy) is 1. The summed E-state index contributed by atoms with van der Waals surface area (Å²) in [5, 5.41) is 12.9. The Kier molecular flexibility index (Phi) is 5.78. The molecule has 3 heteroatoms. The lowest BCUT2D eigenvalue weighted by Crippen LogP contribution is -2.23. The molecule has 0 spiro atoms. The first-order valence-corrected chi connectivity index (χ1v) is 7.34. The van der Waals surface area contributed by atoms with Crippen LogP contribution >= 0.6 is 0 Å². The number of aliphatic hydroxyl groups excluding tert-OH is 1. The van der Waals surface area contributed by atoms with Gasteiger partial charge in [-0.3, -0.25) is 0 Å². The van der Waals surface area contributed by atoms with Crippen molar-refractivity contribution >= 4 is 0 Å². The fourth-order valence-corrected chi connectivity index (χ4v) is 2.17. The number of hydrogen-bond donors (Lipinski definition) is 2. The molecule has 0 aromatic heterocycles. The van der Waals surface area contributed by atoms with Crippen LogP contribution in [0.4, 0.5) is 0 Å². The highest BCUT2D eigenvalue weighted by atomic mass is 16.5. The van der Waals surface area contributed by atoms with E-state index in [2.05, 4.69) is 5.32 Å². The summed E-state index contributed by atoms with van der Waals surface area (Å²) < 4.78 is 5.62. The van der Waals surface area contributed by atoms with Crippen LogP contribution in [0.2, 0.25) is 0 Å². The number of rotatable bonds is 7. The highest BCUT2D eigenvalue weighted by Gasteiger charge is 2.09. The Morgan fingerprint density at radius 2 is 1.67 bits per heavy atom. The van der Waals surface area contributed by atoms with Crippen molar-refractivity contribution in [2.24, 2.45) is 0 Å². The van der Waals surface area contributed by atoms with Crippen LogP contribution in [0.15, 0.2) is 54.6 Å². The second-order valence-electron chi connectivity index (χ2n) is 5.34. The number of nitrogens with one attached hydrogen (secondary N) is 1. The van der Waals surface area contributed by atoms with E-state index in [9.17, 15) is 5.11 Å². The maximum atomic E-state index is 9.52. The van der Waals surface area contributed by atoms with E-state index in [-0.39, 0.29) is 18.8 Å². The van der Waals surface area contributed by atoms with Crippen molar-refractivity contribution < 1.29 is 9.84 Å². The van der Waals surface area contributed by atoms with Gasteiger partial charge in [0, 0.05) is 6.54 Å². The van der Waals surface area contributed by atoms with Crippen LogP contribution in [0.1, 0.15) is 31.0 Å². The maximum Gasteiger partial charge on any atom is 0.119 e. The fourth-order valence-electron chi connectivity index (χ4n) is 2.17. The third-order valence-corrected chi connectivity index (χ3v) is 3.23. The molecule has 2 rings (SSSR count). The van der Waals surface area contributed by atoms with Crippen LogP contribution in [0, 0.1) is 0 Å². The second kappa shape index (κ2) is 7.81. The lowest BCUT2D eigenvalue weighted by atomic mass is 10.1. The predicted molar refractivity (Wildman–Crippen MR) is 85.3 cm³/mol. The molecule has 0 saturated heterocycles. The monoisotopic (exact) mass is 285 g/mol. The van der Waals surface area contributed by atoms with Gasteiger partial charge in [-0.05, 0) is 37.1 Å². The van der Waals surface area contributed by atoms with Gasteiger partial charge in [-0.2, -0.15) is 0 Å². The van der Waals surface area contributed by atoms with Gasteiger partial charge in [0.15, 0.2) is 0 Å². The Bertz CT molecular complexity index is 523. The van der Waals surface area contributed by atoms with E-state index in [0.29, 0.717) is 6.54 Å². The molecule has 0 aliphatic rings. The van der Waals surface area contributed by atoms with E-state index in [4.69, 9.17) is 4.74 Å². The minimum Gasteiger partial charge on any atom is -0.491 e. The molecule has 112 valence electrons. The third kappa shape index (κ3) is 4.88. The van der Waals surface area contributed by atoms with E-state index in [1.54, 1.807) is 0 Å². The molecule has 3 nitrogen and oxygen atoms in total. The zero-order valence-corrected chi connectivity index (χ0v) is 12.6. The molecule has 1 atom stereocenters. The number of hydrogen-bond acceptors (Lipinski definition) is 3. The summed E-state index contributed by atoms with van der Waals surface area (Å²) in [7, 11) is 0. The molecule has 1 unspecified atom stereocenters. The van der Waals surface area contributed by atoms with Crippen LogP contribution in [-0.4, -0.2) is 17.8 Å². The molecule has 2 N–H and O–H groups in total. The van der Waals surface area contributed by atoms with Crippen molar-refractivity contribution in [3.63, 3.8) is 0 Å². The lowest BCUT2D eigenvalue weighted by molar-refractivity contribution is 0.241. The van der Waals surface area contributed by atoms with Crippen LogP contribution in [0.25, 0.3) is 0 Å². The summed E-state index contributed by atoms with van der Waals surface area (Å²) in [6, 6.07) is 18.0. The fraction of sp³-hybridized carbons (Fsp3) is 0.333. The number of aliphatic hydroxyl groups is 1. The SMILES string of the molecule is CC(C)Oc1ccc(CNC(CO)c2ccccc2)cc1. The molecule has 2 aromatic rings. The smallest absolute Gasteiger partial charge is 0.119 e. The summed E-state index contributed by atoms with van der Waals surface area (Å²) >= 11 is 0. The largest absolute Gasteiger partial charge is 0.491 e. The molecule has 0 aliphatic heterocycles. The second-order valence-corrected chi connectivity index (χ2v) is 5.34. The van der Waals surface area contributed by atoms with Gasteiger partial charge in [0.1, 0.15) is 5.75 Å². The Morgan fingerprint density at radius 1 is 1.00 bits per heavy atom. The van der Waals surface area contributed by atoms with Crippen LogP contribution in [0.5, 0.6) is 5.75 Å². The molecule has 0 bridgehead atoms. The minimum atomic E-state index is -0.0437. The van der Waals surface area contributed by atoms with Crippen LogP contribution in [0.3, 0.4) is 0 Å². The summed E-state index contributed by atoms with van der Waals surface area (Å²) in [4.78, 5) is 0. The molecule has 0 fully saturated rings. The van der Waals surface area contributed by atoms with Gasteiger partial charge >= 0.3 is 0 Å². The van der Waals surface area contributed by atoms with Gasteiger partial charge in [0.05, 0.1) is 18.8 Å².